The molecule has 0 aliphatic carbocycles. The van der Waals surface area contributed by atoms with Crippen molar-refractivity contribution in [3.8, 4) is 22.1 Å². The predicted octanol–water partition coefficient (Wildman–Crippen LogP) is 3.21. The maximum absolute atomic E-state index is 12.5. The van der Waals surface area contributed by atoms with Gasteiger partial charge in [-0.3, -0.25) is 4.79 Å². The maximum Gasteiger partial charge on any atom is 0.263 e. The largest absolute Gasteiger partial charge is 0.454 e. The summed E-state index contributed by atoms with van der Waals surface area (Å²) in [6.45, 7) is 4.71. The molecule has 136 valence electrons. The molecule has 0 radical (unpaired) electrons. The van der Waals surface area contributed by atoms with Crippen LogP contribution in [0.4, 0.5) is 0 Å². The molecule has 2 aromatic rings. The van der Waals surface area contributed by atoms with Gasteiger partial charge in [-0.05, 0) is 31.0 Å². The van der Waals surface area contributed by atoms with Gasteiger partial charge < -0.3 is 20.5 Å². The van der Waals surface area contributed by atoms with E-state index in [9.17, 15) is 4.79 Å². The van der Waals surface area contributed by atoms with Crippen molar-refractivity contribution in [2.24, 2.45) is 5.73 Å². The van der Waals surface area contributed by atoms with Gasteiger partial charge in [-0.25, -0.2) is 4.98 Å². The Hall–Kier alpha value is -1.83. The van der Waals surface area contributed by atoms with E-state index >= 15 is 0 Å². The molecular weight excluding hydrogens is 362 g/mol. The van der Waals surface area contributed by atoms with Crippen LogP contribution in [-0.4, -0.2) is 29.8 Å². The van der Waals surface area contributed by atoms with E-state index in [2.05, 4.69) is 10.3 Å². The van der Waals surface area contributed by atoms with Crippen LogP contribution in [0.2, 0.25) is 0 Å². The van der Waals surface area contributed by atoms with Gasteiger partial charge in [-0.15, -0.1) is 23.7 Å². The van der Waals surface area contributed by atoms with Gasteiger partial charge in [0.2, 0.25) is 6.79 Å². The van der Waals surface area contributed by atoms with Crippen molar-refractivity contribution < 1.29 is 14.3 Å². The molecule has 1 amide bonds. The summed E-state index contributed by atoms with van der Waals surface area (Å²) in [4.78, 5) is 17.5. The number of benzene rings is 1. The molecule has 8 heteroatoms. The number of nitrogens with one attached hydrogen (secondary N) is 1. The number of hydrogen-bond acceptors (Lipinski definition) is 6. The molecule has 25 heavy (non-hydrogen) atoms. The number of nitrogens with two attached hydrogens (primary N) is 1. The van der Waals surface area contributed by atoms with E-state index in [1.54, 1.807) is 6.20 Å². The molecule has 1 aromatic carbocycles. The molecule has 0 spiro atoms. The second-order valence-electron chi connectivity index (χ2n) is 5.74. The average Bonchev–Trinajstić information content (AvgIpc) is 3.28. The topological polar surface area (TPSA) is 86.5 Å². The van der Waals surface area contributed by atoms with E-state index < -0.39 is 0 Å². The minimum absolute atomic E-state index is 0. The van der Waals surface area contributed by atoms with E-state index in [1.807, 2.05) is 32.0 Å². The van der Waals surface area contributed by atoms with Gasteiger partial charge in [0, 0.05) is 12.1 Å². The lowest BCUT2D eigenvalue weighted by Gasteiger charge is -2.31. The van der Waals surface area contributed by atoms with Crippen LogP contribution < -0.4 is 20.5 Å². The Morgan fingerprint density at radius 1 is 1.32 bits per heavy atom. The molecule has 0 atom stereocenters. The first kappa shape index (κ1) is 19.5. The van der Waals surface area contributed by atoms with Crippen molar-refractivity contribution in [3.05, 3.63) is 29.3 Å². The standard InChI is InChI=1S/C17H21N3O3S.ClH/c1-3-17(4-2,9-18)20-15(21)14-8-19-16(24-14)11-5-6-12-13(7-11)23-10-22-12;/h5-8H,3-4,9-10,18H2,1-2H3,(H,20,21);1H. The summed E-state index contributed by atoms with van der Waals surface area (Å²) in [6, 6.07) is 5.65. The zero-order valence-corrected chi connectivity index (χ0v) is 15.8. The van der Waals surface area contributed by atoms with Gasteiger partial charge in [0.15, 0.2) is 11.5 Å². The second-order valence-corrected chi connectivity index (χ2v) is 6.77. The lowest BCUT2D eigenvalue weighted by Crippen LogP contribution is -2.52. The first-order valence-corrected chi connectivity index (χ1v) is 8.81. The number of fused-ring (bicyclic) bond motifs is 1. The Balaban J connectivity index is 0.00000225. The van der Waals surface area contributed by atoms with Gasteiger partial charge in [0.05, 0.1) is 11.7 Å². The molecule has 3 rings (SSSR count). The molecule has 0 unspecified atom stereocenters. The molecule has 0 saturated heterocycles. The minimum Gasteiger partial charge on any atom is -0.454 e. The van der Waals surface area contributed by atoms with Crippen LogP contribution in [0.15, 0.2) is 24.4 Å². The lowest BCUT2D eigenvalue weighted by molar-refractivity contribution is 0.0899. The highest BCUT2D eigenvalue weighted by molar-refractivity contribution is 7.16. The van der Waals surface area contributed by atoms with Crippen LogP contribution >= 0.6 is 23.7 Å². The Labute approximate surface area is 157 Å². The third-order valence-electron chi connectivity index (χ3n) is 4.47. The average molecular weight is 384 g/mol. The van der Waals surface area contributed by atoms with Gasteiger partial charge in [-0.2, -0.15) is 0 Å². The van der Waals surface area contributed by atoms with Gasteiger partial charge in [0.1, 0.15) is 9.88 Å². The smallest absolute Gasteiger partial charge is 0.263 e. The Morgan fingerprint density at radius 3 is 2.72 bits per heavy atom. The molecule has 6 nitrogen and oxygen atoms in total. The summed E-state index contributed by atoms with van der Waals surface area (Å²) >= 11 is 1.35. The fraction of sp³-hybridized carbons (Fsp3) is 0.412. The second kappa shape index (κ2) is 8.03. The Bertz CT molecular complexity index is 738. The fourth-order valence-corrected chi connectivity index (χ4v) is 3.42. The summed E-state index contributed by atoms with van der Waals surface area (Å²) in [6.07, 6.45) is 3.19. The SMILES string of the molecule is CCC(CC)(CN)NC(=O)c1cnc(-c2ccc3c(c2)OCO3)s1.Cl. The number of carbonyl (C=O) groups excluding carboxylic acids is 1. The minimum atomic E-state index is -0.361. The highest BCUT2D eigenvalue weighted by atomic mass is 35.5. The summed E-state index contributed by atoms with van der Waals surface area (Å²) in [5, 5.41) is 3.83. The summed E-state index contributed by atoms with van der Waals surface area (Å²) in [5.74, 6) is 1.30. The normalized spacial score (nSPS) is 12.6. The monoisotopic (exact) mass is 383 g/mol. The molecule has 3 N–H and O–H groups in total. The number of carbonyl (C=O) groups is 1. The van der Waals surface area contributed by atoms with Crippen LogP contribution in [0.3, 0.4) is 0 Å². The van der Waals surface area contributed by atoms with Crippen molar-refractivity contribution in [1.82, 2.24) is 10.3 Å². The van der Waals surface area contributed by atoms with Crippen LogP contribution in [-0.2, 0) is 0 Å². The molecule has 1 aliphatic heterocycles. The summed E-state index contributed by atoms with van der Waals surface area (Å²) in [5.41, 5.74) is 6.39. The number of halogens is 1. The number of hydrogen-bond donors (Lipinski definition) is 2. The predicted molar refractivity (Wildman–Crippen MR) is 101 cm³/mol. The number of amides is 1. The van der Waals surface area contributed by atoms with E-state index in [4.69, 9.17) is 15.2 Å². The van der Waals surface area contributed by atoms with E-state index in [0.29, 0.717) is 17.2 Å². The number of thiazole rings is 1. The van der Waals surface area contributed by atoms with E-state index in [-0.39, 0.29) is 30.6 Å². The number of nitrogens with zero attached hydrogens (tertiary/aromatic N) is 1. The van der Waals surface area contributed by atoms with Crippen molar-refractivity contribution >= 4 is 29.7 Å². The van der Waals surface area contributed by atoms with Crippen LogP contribution in [0.5, 0.6) is 11.5 Å². The molecule has 0 saturated carbocycles. The molecule has 1 aromatic heterocycles. The molecule has 2 heterocycles. The van der Waals surface area contributed by atoms with Crippen LogP contribution in [0.25, 0.3) is 10.6 Å². The molecule has 0 bridgehead atoms. The number of rotatable bonds is 6. The number of aromatic nitrogens is 1. The maximum atomic E-state index is 12.5. The van der Waals surface area contributed by atoms with Crippen molar-refractivity contribution in [2.75, 3.05) is 13.3 Å². The van der Waals surface area contributed by atoms with Gasteiger partial charge in [0.25, 0.3) is 5.91 Å². The number of ether oxygens (including phenoxy) is 2. The third kappa shape index (κ3) is 3.89. The van der Waals surface area contributed by atoms with Gasteiger partial charge >= 0.3 is 0 Å². The van der Waals surface area contributed by atoms with Crippen LogP contribution in [0, 0.1) is 0 Å². The summed E-state index contributed by atoms with van der Waals surface area (Å²) in [7, 11) is 0. The summed E-state index contributed by atoms with van der Waals surface area (Å²) < 4.78 is 10.7. The zero-order chi connectivity index (χ0) is 17.2. The quantitative estimate of drug-likeness (QED) is 0.799. The van der Waals surface area contributed by atoms with Crippen molar-refractivity contribution in [3.63, 3.8) is 0 Å². The highest BCUT2D eigenvalue weighted by Gasteiger charge is 2.27. The Kier molecular flexibility index (Phi) is 6.26. The molecule has 1 aliphatic rings. The zero-order valence-electron chi connectivity index (χ0n) is 14.2. The van der Waals surface area contributed by atoms with Gasteiger partial charge in [-0.1, -0.05) is 13.8 Å². The van der Waals surface area contributed by atoms with Crippen molar-refractivity contribution in [1.29, 1.82) is 0 Å². The fourth-order valence-electron chi connectivity index (χ4n) is 2.61. The highest BCUT2D eigenvalue weighted by Crippen LogP contribution is 2.37. The van der Waals surface area contributed by atoms with Crippen molar-refractivity contribution in [2.45, 2.75) is 32.2 Å². The first-order chi connectivity index (χ1) is 11.6. The lowest BCUT2D eigenvalue weighted by atomic mass is 9.93. The van der Waals surface area contributed by atoms with E-state index in [0.717, 1.165) is 29.2 Å². The first-order valence-electron chi connectivity index (χ1n) is 7.99. The third-order valence-corrected chi connectivity index (χ3v) is 5.52. The van der Waals surface area contributed by atoms with E-state index in [1.165, 1.54) is 11.3 Å². The molecule has 0 fully saturated rings. The molecular formula is C17H22ClN3O3S. The Morgan fingerprint density at radius 2 is 2.04 bits per heavy atom. The van der Waals surface area contributed by atoms with Crippen LogP contribution in [0.1, 0.15) is 36.4 Å².